The lowest BCUT2D eigenvalue weighted by Crippen LogP contribution is -2.00. The minimum absolute atomic E-state index is 0.337. The third-order valence-electron chi connectivity index (χ3n) is 3.95. The van der Waals surface area contributed by atoms with Crippen LogP contribution in [0.25, 0.3) is 22.3 Å². The van der Waals surface area contributed by atoms with Gasteiger partial charge in [0.05, 0.1) is 29.4 Å². The lowest BCUT2D eigenvalue weighted by atomic mass is 10.0. The summed E-state index contributed by atoms with van der Waals surface area (Å²) >= 11 is 0. The summed E-state index contributed by atoms with van der Waals surface area (Å²) in [6.07, 6.45) is 3.10. The molecule has 23 heavy (non-hydrogen) atoms. The van der Waals surface area contributed by atoms with E-state index in [0.29, 0.717) is 11.8 Å². The fourth-order valence-corrected chi connectivity index (χ4v) is 2.66. The van der Waals surface area contributed by atoms with Crippen molar-refractivity contribution in [3.8, 4) is 17.1 Å². The molecule has 0 unspecified atom stereocenters. The van der Waals surface area contributed by atoms with Gasteiger partial charge in [0.2, 0.25) is 5.88 Å². The summed E-state index contributed by atoms with van der Waals surface area (Å²) in [5, 5.41) is 7.50. The van der Waals surface area contributed by atoms with E-state index < -0.39 is 0 Å². The average molecular weight is 308 g/mol. The topological polar surface area (TPSA) is 74.7 Å². The van der Waals surface area contributed by atoms with Gasteiger partial charge in [0.1, 0.15) is 0 Å². The van der Waals surface area contributed by atoms with E-state index in [0.717, 1.165) is 39.1 Å². The molecule has 0 aliphatic heterocycles. The van der Waals surface area contributed by atoms with Gasteiger partial charge in [-0.1, -0.05) is 13.8 Å². The summed E-state index contributed by atoms with van der Waals surface area (Å²) < 4.78 is 5.49. The van der Waals surface area contributed by atoms with Crippen LogP contribution in [0.2, 0.25) is 0 Å². The van der Waals surface area contributed by atoms with Gasteiger partial charge in [-0.15, -0.1) is 0 Å². The van der Waals surface area contributed by atoms with Crippen molar-refractivity contribution in [2.24, 2.45) is 0 Å². The first-order valence-corrected chi connectivity index (χ1v) is 7.59. The Morgan fingerprint density at radius 2 is 2.04 bits per heavy atom. The quantitative estimate of drug-likeness (QED) is 0.714. The zero-order chi connectivity index (χ0) is 16.6. The van der Waals surface area contributed by atoms with Crippen molar-refractivity contribution in [3.63, 3.8) is 0 Å². The summed E-state index contributed by atoms with van der Waals surface area (Å²) in [7, 11) is 1.63. The van der Waals surface area contributed by atoms with Crippen LogP contribution in [0.5, 0.6) is 5.88 Å². The van der Waals surface area contributed by atoms with E-state index in [1.54, 1.807) is 13.3 Å². The highest BCUT2D eigenvalue weighted by Gasteiger charge is 2.16. The highest BCUT2D eigenvalue weighted by atomic mass is 16.5. The molecule has 0 bridgehead atoms. The Balaban J connectivity index is 2.23. The van der Waals surface area contributed by atoms with E-state index in [4.69, 9.17) is 15.1 Å². The van der Waals surface area contributed by atoms with Crippen LogP contribution in [0.3, 0.4) is 0 Å². The SMILES string of the molecule is COc1nc(C(C)C)ccc1-c1nc2c(C=N)c[nH]c2cc1C. The van der Waals surface area contributed by atoms with Gasteiger partial charge >= 0.3 is 0 Å². The Morgan fingerprint density at radius 1 is 1.26 bits per heavy atom. The lowest BCUT2D eigenvalue weighted by Gasteiger charge is -2.13. The summed E-state index contributed by atoms with van der Waals surface area (Å²) in [5.74, 6) is 0.918. The Morgan fingerprint density at radius 3 is 2.70 bits per heavy atom. The summed E-state index contributed by atoms with van der Waals surface area (Å²) in [6, 6.07) is 6.07. The molecule has 0 fully saturated rings. The molecule has 5 heteroatoms. The molecule has 2 N–H and O–H groups in total. The van der Waals surface area contributed by atoms with Crippen molar-refractivity contribution < 1.29 is 4.74 Å². The van der Waals surface area contributed by atoms with Gasteiger partial charge in [-0.05, 0) is 36.6 Å². The van der Waals surface area contributed by atoms with Gasteiger partial charge in [-0.2, -0.15) is 0 Å². The zero-order valence-corrected chi connectivity index (χ0v) is 13.8. The van der Waals surface area contributed by atoms with E-state index in [9.17, 15) is 0 Å². The van der Waals surface area contributed by atoms with Crippen LogP contribution in [0.15, 0.2) is 24.4 Å². The van der Waals surface area contributed by atoms with Crippen molar-refractivity contribution in [3.05, 3.63) is 41.2 Å². The molecule has 0 amide bonds. The van der Waals surface area contributed by atoms with Crippen molar-refractivity contribution in [2.45, 2.75) is 26.7 Å². The molecule has 0 atom stereocenters. The smallest absolute Gasteiger partial charge is 0.222 e. The molecule has 118 valence electrons. The Bertz CT molecular complexity index is 880. The predicted molar refractivity (Wildman–Crippen MR) is 92.6 cm³/mol. The van der Waals surface area contributed by atoms with Crippen LogP contribution >= 0.6 is 0 Å². The van der Waals surface area contributed by atoms with Crippen molar-refractivity contribution in [1.82, 2.24) is 15.0 Å². The molecule has 3 heterocycles. The second-order valence-corrected chi connectivity index (χ2v) is 5.89. The Hall–Kier alpha value is -2.69. The molecule has 0 spiro atoms. The fourth-order valence-electron chi connectivity index (χ4n) is 2.66. The van der Waals surface area contributed by atoms with Crippen LogP contribution in [0, 0.1) is 12.3 Å². The summed E-state index contributed by atoms with van der Waals surface area (Å²) in [6.45, 7) is 6.23. The standard InChI is InChI=1S/C18H20N4O/c1-10(2)14-6-5-13(18(21-14)23-4)16-11(3)7-15-17(22-16)12(8-19)9-20-15/h5-10,19-20H,1-4H3. The van der Waals surface area contributed by atoms with Crippen LogP contribution < -0.4 is 4.74 Å². The molecule has 0 saturated carbocycles. The van der Waals surface area contributed by atoms with Gasteiger partial charge in [0.15, 0.2) is 0 Å². The first-order chi connectivity index (χ1) is 11.0. The monoisotopic (exact) mass is 308 g/mol. The molecule has 0 aromatic carbocycles. The maximum atomic E-state index is 7.50. The van der Waals surface area contributed by atoms with Gasteiger partial charge in [0.25, 0.3) is 0 Å². The van der Waals surface area contributed by atoms with Crippen LogP contribution in [0.1, 0.15) is 36.6 Å². The second-order valence-electron chi connectivity index (χ2n) is 5.89. The maximum absolute atomic E-state index is 7.50. The third-order valence-corrected chi connectivity index (χ3v) is 3.95. The van der Waals surface area contributed by atoms with E-state index >= 15 is 0 Å². The summed E-state index contributed by atoms with van der Waals surface area (Å²) in [4.78, 5) is 12.5. The molecule has 0 aliphatic carbocycles. The Labute approximate surface area is 135 Å². The molecular formula is C18H20N4O. The maximum Gasteiger partial charge on any atom is 0.222 e. The van der Waals surface area contributed by atoms with Crippen LogP contribution in [-0.4, -0.2) is 28.3 Å². The normalized spacial score (nSPS) is 11.2. The minimum Gasteiger partial charge on any atom is -0.480 e. The molecule has 0 radical (unpaired) electrons. The van der Waals surface area contributed by atoms with Crippen LogP contribution in [0.4, 0.5) is 0 Å². The predicted octanol–water partition coefficient (Wildman–Crippen LogP) is 4.06. The number of nitrogens with one attached hydrogen (secondary N) is 2. The van der Waals surface area contributed by atoms with E-state index in [2.05, 4.69) is 23.8 Å². The first-order valence-electron chi connectivity index (χ1n) is 7.59. The number of H-pyrrole nitrogens is 1. The van der Waals surface area contributed by atoms with E-state index in [1.165, 1.54) is 6.21 Å². The number of aryl methyl sites for hydroxylation is 1. The number of nitrogens with zero attached hydrogens (tertiary/aromatic N) is 2. The number of hydrogen-bond acceptors (Lipinski definition) is 4. The van der Waals surface area contributed by atoms with Crippen molar-refractivity contribution in [2.75, 3.05) is 7.11 Å². The highest BCUT2D eigenvalue weighted by Crippen LogP contribution is 2.32. The lowest BCUT2D eigenvalue weighted by molar-refractivity contribution is 0.397. The molecule has 3 aromatic rings. The number of aromatic amines is 1. The highest BCUT2D eigenvalue weighted by molar-refractivity contribution is 5.97. The van der Waals surface area contributed by atoms with Gasteiger partial charge in [0, 0.05) is 23.7 Å². The average Bonchev–Trinajstić information content (AvgIpc) is 2.95. The number of aromatic nitrogens is 3. The van der Waals surface area contributed by atoms with Crippen molar-refractivity contribution in [1.29, 1.82) is 5.41 Å². The largest absolute Gasteiger partial charge is 0.480 e. The molecule has 5 nitrogen and oxygen atoms in total. The minimum atomic E-state index is 0.337. The number of pyridine rings is 2. The third kappa shape index (κ3) is 2.59. The number of methoxy groups -OCH3 is 1. The fraction of sp³-hybridized carbons (Fsp3) is 0.278. The number of hydrogen-bond donors (Lipinski definition) is 2. The van der Waals surface area contributed by atoms with Gasteiger partial charge in [-0.3, -0.25) is 0 Å². The molecule has 0 aliphatic rings. The number of fused-ring (bicyclic) bond motifs is 1. The molecule has 3 rings (SSSR count). The first kappa shape index (κ1) is 15.2. The number of rotatable bonds is 4. The van der Waals surface area contributed by atoms with Crippen LogP contribution in [-0.2, 0) is 0 Å². The summed E-state index contributed by atoms with van der Waals surface area (Å²) in [5.41, 5.74) is 6.21. The van der Waals surface area contributed by atoms with E-state index in [1.807, 2.05) is 25.1 Å². The zero-order valence-electron chi connectivity index (χ0n) is 13.8. The van der Waals surface area contributed by atoms with Gasteiger partial charge < -0.3 is 15.1 Å². The van der Waals surface area contributed by atoms with Gasteiger partial charge in [-0.25, -0.2) is 9.97 Å². The number of ether oxygens (including phenoxy) is 1. The molecule has 0 saturated heterocycles. The Kier molecular flexibility index (Phi) is 3.86. The van der Waals surface area contributed by atoms with E-state index in [-0.39, 0.29) is 0 Å². The second kappa shape index (κ2) is 5.83. The van der Waals surface area contributed by atoms with Crippen molar-refractivity contribution >= 4 is 17.2 Å². The molecular weight excluding hydrogens is 288 g/mol. The molecule has 3 aromatic heterocycles.